The lowest BCUT2D eigenvalue weighted by molar-refractivity contribution is -0.105. The number of hydrogen-bond acceptors (Lipinski definition) is 3. The van der Waals surface area contributed by atoms with Crippen LogP contribution in [0.2, 0.25) is 0 Å². The van der Waals surface area contributed by atoms with Gasteiger partial charge in [-0.25, -0.2) is 9.37 Å². The summed E-state index contributed by atoms with van der Waals surface area (Å²) < 4.78 is 18.9. The maximum atomic E-state index is 13.6. The van der Waals surface area contributed by atoms with Crippen LogP contribution in [-0.4, -0.2) is 11.4 Å². The summed E-state index contributed by atoms with van der Waals surface area (Å²) in [5, 5.41) is 2.31. The highest BCUT2D eigenvalue weighted by Gasteiger charge is 2.07. The molecule has 0 aliphatic rings. The van der Waals surface area contributed by atoms with E-state index in [1.165, 1.54) is 6.20 Å². The molecule has 1 amide bonds. The van der Waals surface area contributed by atoms with Crippen molar-refractivity contribution in [1.82, 2.24) is 4.98 Å². The molecule has 18 heavy (non-hydrogen) atoms. The summed E-state index contributed by atoms with van der Waals surface area (Å²) >= 11 is 0. The third-order valence-electron chi connectivity index (χ3n) is 2.27. The van der Waals surface area contributed by atoms with Gasteiger partial charge in [-0.3, -0.25) is 4.79 Å². The van der Waals surface area contributed by atoms with E-state index in [4.69, 9.17) is 4.74 Å². The Bertz CT molecular complexity index is 555. The Morgan fingerprint density at radius 3 is 2.67 bits per heavy atom. The molecule has 92 valence electrons. The first kappa shape index (κ1) is 12.0. The van der Waals surface area contributed by atoms with Crippen LogP contribution in [0.4, 0.5) is 10.1 Å². The second-order valence-corrected chi connectivity index (χ2v) is 3.69. The molecule has 1 aromatic heterocycles. The number of carbonyl (C=O) groups is 1. The third-order valence-corrected chi connectivity index (χ3v) is 2.27. The molecule has 0 fully saturated rings. The van der Waals surface area contributed by atoms with E-state index in [-0.39, 0.29) is 11.6 Å². The van der Waals surface area contributed by atoms with Gasteiger partial charge in [-0.15, -0.1) is 0 Å². The molecule has 4 nitrogen and oxygen atoms in total. The number of nitrogens with one attached hydrogen (secondary N) is 1. The number of aryl methyl sites for hydroxylation is 1. The van der Waals surface area contributed by atoms with Gasteiger partial charge in [-0.05, 0) is 19.1 Å². The van der Waals surface area contributed by atoms with Gasteiger partial charge in [-0.2, -0.15) is 0 Å². The molecule has 5 heteroatoms. The number of nitrogens with zero attached hydrogens (tertiary/aromatic N) is 1. The lowest BCUT2D eigenvalue weighted by atomic mass is 10.2. The Balaban J connectivity index is 2.18. The van der Waals surface area contributed by atoms with E-state index in [0.29, 0.717) is 12.2 Å². The Kier molecular flexibility index (Phi) is 3.52. The van der Waals surface area contributed by atoms with Crippen molar-refractivity contribution in [2.45, 2.75) is 6.92 Å². The predicted octanol–water partition coefficient (Wildman–Crippen LogP) is 2.89. The first-order valence-corrected chi connectivity index (χ1v) is 5.29. The highest BCUT2D eigenvalue weighted by molar-refractivity contribution is 5.70. The van der Waals surface area contributed by atoms with Crippen molar-refractivity contribution in [2.24, 2.45) is 0 Å². The standard InChI is InChI=1S/C13H11FN2O2/c1-9-2-4-11(5-3-9)18-13-12(14)6-10(7-15-13)16-8-17/h2-8H,1H3,(H,16,17). The van der Waals surface area contributed by atoms with Crippen molar-refractivity contribution in [2.75, 3.05) is 5.32 Å². The summed E-state index contributed by atoms with van der Waals surface area (Å²) in [4.78, 5) is 14.0. The molecule has 0 saturated heterocycles. The minimum Gasteiger partial charge on any atom is -0.436 e. The Morgan fingerprint density at radius 2 is 2.06 bits per heavy atom. The van der Waals surface area contributed by atoms with Gasteiger partial charge in [-0.1, -0.05) is 17.7 Å². The molecule has 0 saturated carbocycles. The molecule has 2 rings (SSSR count). The summed E-state index contributed by atoms with van der Waals surface area (Å²) in [6.45, 7) is 1.95. The molecule has 0 bridgehead atoms. The molecule has 0 spiro atoms. The van der Waals surface area contributed by atoms with E-state index in [9.17, 15) is 9.18 Å². The third kappa shape index (κ3) is 2.82. The number of rotatable bonds is 4. The number of amides is 1. The molecule has 1 heterocycles. The number of pyridine rings is 1. The first-order chi connectivity index (χ1) is 8.69. The molecule has 1 N–H and O–H groups in total. The van der Waals surface area contributed by atoms with Crippen LogP contribution >= 0.6 is 0 Å². The number of anilines is 1. The molecule has 0 aliphatic heterocycles. The molecule has 2 aromatic rings. The van der Waals surface area contributed by atoms with Crippen LogP contribution < -0.4 is 10.1 Å². The summed E-state index contributed by atoms with van der Waals surface area (Å²) in [5.74, 6) is -0.263. The normalized spacial score (nSPS) is 9.89. The lowest BCUT2D eigenvalue weighted by Crippen LogP contribution is -1.98. The lowest BCUT2D eigenvalue weighted by Gasteiger charge is -2.06. The second-order valence-electron chi connectivity index (χ2n) is 3.69. The second kappa shape index (κ2) is 5.27. The molecule has 0 aliphatic carbocycles. The molecule has 0 radical (unpaired) electrons. The highest BCUT2D eigenvalue weighted by atomic mass is 19.1. The van der Waals surface area contributed by atoms with Gasteiger partial charge in [0.2, 0.25) is 6.41 Å². The van der Waals surface area contributed by atoms with Crippen LogP contribution in [0.15, 0.2) is 36.5 Å². The van der Waals surface area contributed by atoms with Crippen molar-refractivity contribution in [3.63, 3.8) is 0 Å². The van der Waals surface area contributed by atoms with Gasteiger partial charge in [0.05, 0.1) is 11.9 Å². The van der Waals surface area contributed by atoms with Gasteiger partial charge in [0.1, 0.15) is 5.75 Å². The number of ether oxygens (including phenoxy) is 1. The predicted molar refractivity (Wildman–Crippen MR) is 65.1 cm³/mol. The van der Waals surface area contributed by atoms with Crippen molar-refractivity contribution >= 4 is 12.1 Å². The molecule has 0 atom stereocenters. The van der Waals surface area contributed by atoms with Gasteiger partial charge in [0, 0.05) is 6.07 Å². The monoisotopic (exact) mass is 246 g/mol. The number of carbonyl (C=O) groups excluding carboxylic acids is 1. The average molecular weight is 246 g/mol. The number of halogens is 1. The van der Waals surface area contributed by atoms with Crippen LogP contribution in [-0.2, 0) is 4.79 Å². The summed E-state index contributed by atoms with van der Waals surface area (Å²) in [6.07, 6.45) is 1.78. The van der Waals surface area contributed by atoms with Crippen LogP contribution in [0.5, 0.6) is 11.6 Å². The minimum absolute atomic E-state index is 0.129. The minimum atomic E-state index is -0.637. The van der Waals surface area contributed by atoms with Gasteiger partial charge in [0.15, 0.2) is 5.82 Å². The van der Waals surface area contributed by atoms with Crippen LogP contribution in [0, 0.1) is 12.7 Å². The highest BCUT2D eigenvalue weighted by Crippen LogP contribution is 2.23. The van der Waals surface area contributed by atoms with E-state index in [1.807, 2.05) is 19.1 Å². The number of benzene rings is 1. The molecule has 1 aromatic carbocycles. The van der Waals surface area contributed by atoms with E-state index in [1.54, 1.807) is 12.1 Å². The first-order valence-electron chi connectivity index (χ1n) is 5.29. The fourth-order valence-corrected chi connectivity index (χ4v) is 1.37. The van der Waals surface area contributed by atoms with Crippen molar-refractivity contribution in [3.8, 4) is 11.6 Å². The van der Waals surface area contributed by atoms with Gasteiger partial charge < -0.3 is 10.1 Å². The molecule has 0 unspecified atom stereocenters. The largest absolute Gasteiger partial charge is 0.436 e. The molecular weight excluding hydrogens is 235 g/mol. The van der Waals surface area contributed by atoms with Gasteiger partial charge in [0.25, 0.3) is 5.88 Å². The zero-order valence-electron chi connectivity index (χ0n) is 9.68. The van der Waals surface area contributed by atoms with E-state index < -0.39 is 5.82 Å². The number of aromatic nitrogens is 1. The summed E-state index contributed by atoms with van der Waals surface area (Å²) in [6, 6.07) is 8.32. The zero-order valence-corrected chi connectivity index (χ0v) is 9.68. The van der Waals surface area contributed by atoms with Crippen molar-refractivity contribution in [1.29, 1.82) is 0 Å². The zero-order chi connectivity index (χ0) is 13.0. The fourth-order valence-electron chi connectivity index (χ4n) is 1.37. The Labute approximate surface area is 103 Å². The quantitative estimate of drug-likeness (QED) is 0.844. The Morgan fingerprint density at radius 1 is 1.33 bits per heavy atom. The maximum absolute atomic E-state index is 13.6. The molecular formula is C13H11FN2O2. The smallest absolute Gasteiger partial charge is 0.256 e. The summed E-state index contributed by atoms with van der Waals surface area (Å²) in [7, 11) is 0. The average Bonchev–Trinajstić information content (AvgIpc) is 2.36. The van der Waals surface area contributed by atoms with Crippen LogP contribution in [0.3, 0.4) is 0 Å². The van der Waals surface area contributed by atoms with Crippen molar-refractivity contribution < 1.29 is 13.9 Å². The van der Waals surface area contributed by atoms with Crippen molar-refractivity contribution in [3.05, 3.63) is 47.9 Å². The topological polar surface area (TPSA) is 51.2 Å². The fraction of sp³-hybridized carbons (Fsp3) is 0.0769. The van der Waals surface area contributed by atoms with E-state index in [2.05, 4.69) is 10.3 Å². The van der Waals surface area contributed by atoms with Crippen LogP contribution in [0.25, 0.3) is 0 Å². The SMILES string of the molecule is Cc1ccc(Oc2ncc(NC=O)cc2F)cc1. The maximum Gasteiger partial charge on any atom is 0.256 e. The van der Waals surface area contributed by atoms with Crippen LogP contribution in [0.1, 0.15) is 5.56 Å². The van der Waals surface area contributed by atoms with E-state index in [0.717, 1.165) is 11.6 Å². The number of hydrogen-bond donors (Lipinski definition) is 1. The van der Waals surface area contributed by atoms with E-state index >= 15 is 0 Å². The Hall–Kier alpha value is -2.43. The summed E-state index contributed by atoms with van der Waals surface area (Å²) in [5.41, 5.74) is 1.36. The van der Waals surface area contributed by atoms with Gasteiger partial charge >= 0.3 is 0 Å².